The molecular weight excluding hydrogens is 437 g/mol. The molecule has 1 N–H and O–H groups in total. The molecule has 0 radical (unpaired) electrons. The number of thiazole rings is 1. The fourth-order valence-corrected chi connectivity index (χ4v) is 5.80. The minimum absolute atomic E-state index is 0.186. The number of halogens is 2. The Morgan fingerprint density at radius 3 is 2.82 bits per heavy atom. The van der Waals surface area contributed by atoms with Gasteiger partial charge in [0, 0.05) is 6.20 Å². The number of hydrogen-bond acceptors (Lipinski definition) is 5. The number of nitrogens with zero attached hydrogens (tertiary/aromatic N) is 2. The molecule has 1 unspecified atom stereocenters. The summed E-state index contributed by atoms with van der Waals surface area (Å²) in [4.78, 5) is 30.3. The van der Waals surface area contributed by atoms with Crippen LogP contribution in [0.2, 0.25) is 9.36 Å². The van der Waals surface area contributed by atoms with E-state index >= 15 is 0 Å². The molecule has 1 amide bonds. The van der Waals surface area contributed by atoms with Crippen molar-refractivity contribution >= 4 is 67.0 Å². The molecule has 1 saturated carbocycles. The van der Waals surface area contributed by atoms with E-state index in [1.54, 1.807) is 12.3 Å². The van der Waals surface area contributed by atoms with E-state index in [9.17, 15) is 9.59 Å². The van der Waals surface area contributed by atoms with Gasteiger partial charge in [-0.2, -0.15) is 0 Å². The van der Waals surface area contributed by atoms with Gasteiger partial charge in [0.15, 0.2) is 5.13 Å². The Bertz CT molecular complexity index is 1050. The van der Waals surface area contributed by atoms with Gasteiger partial charge in [-0.25, -0.2) is 4.98 Å². The standard InChI is InChI=1S/C19H19Cl2N3O2S2/c20-13-10-24(18(26)12-6-7-27-16(12)13)14(8-11-4-2-1-3-5-11)17(25)23-19-22-9-15(21)28-19/h6-7,9-11,14H,1-5,8H2,(H,22,23,25). The summed E-state index contributed by atoms with van der Waals surface area (Å²) in [6.07, 6.45) is 9.43. The first-order valence-corrected chi connectivity index (χ1v) is 11.7. The average molecular weight is 456 g/mol. The number of pyridine rings is 1. The number of carbonyl (C=O) groups is 1. The lowest BCUT2D eigenvalue weighted by atomic mass is 9.84. The Hall–Kier alpha value is -1.41. The fourth-order valence-electron chi connectivity index (χ4n) is 3.86. The van der Waals surface area contributed by atoms with Crippen LogP contribution in [-0.2, 0) is 4.79 Å². The molecule has 28 heavy (non-hydrogen) atoms. The largest absolute Gasteiger partial charge is 0.301 e. The second kappa shape index (κ2) is 8.53. The normalized spacial score (nSPS) is 16.4. The summed E-state index contributed by atoms with van der Waals surface area (Å²) in [7, 11) is 0. The van der Waals surface area contributed by atoms with Crippen LogP contribution in [0.1, 0.15) is 44.6 Å². The van der Waals surface area contributed by atoms with Crippen molar-refractivity contribution < 1.29 is 4.79 Å². The van der Waals surface area contributed by atoms with E-state index in [0.29, 0.717) is 32.2 Å². The van der Waals surface area contributed by atoms with Gasteiger partial charge in [0.2, 0.25) is 5.91 Å². The summed E-state index contributed by atoms with van der Waals surface area (Å²) in [6.45, 7) is 0. The van der Waals surface area contributed by atoms with Crippen LogP contribution in [0.4, 0.5) is 5.13 Å². The van der Waals surface area contributed by atoms with Gasteiger partial charge in [0.1, 0.15) is 10.4 Å². The first-order chi connectivity index (χ1) is 13.5. The molecule has 3 aromatic heterocycles. The van der Waals surface area contributed by atoms with Crippen molar-refractivity contribution in [2.45, 2.75) is 44.6 Å². The zero-order valence-electron chi connectivity index (χ0n) is 15.0. The second-order valence-electron chi connectivity index (χ2n) is 7.07. The smallest absolute Gasteiger partial charge is 0.260 e. The topological polar surface area (TPSA) is 64.0 Å². The molecule has 4 rings (SSSR count). The van der Waals surface area contributed by atoms with Crippen LogP contribution in [0.15, 0.2) is 28.6 Å². The van der Waals surface area contributed by atoms with Gasteiger partial charge in [0.05, 0.1) is 21.3 Å². The van der Waals surface area contributed by atoms with Crippen LogP contribution in [0.3, 0.4) is 0 Å². The Labute approximate surface area is 180 Å². The Morgan fingerprint density at radius 2 is 2.11 bits per heavy atom. The number of carbonyl (C=O) groups excluding carboxylic acids is 1. The number of rotatable bonds is 5. The highest BCUT2D eigenvalue weighted by Crippen LogP contribution is 2.33. The molecule has 0 bridgehead atoms. The summed E-state index contributed by atoms with van der Waals surface area (Å²) in [5, 5.41) is 6.14. The van der Waals surface area contributed by atoms with E-state index in [2.05, 4.69) is 10.3 Å². The zero-order chi connectivity index (χ0) is 19.7. The monoisotopic (exact) mass is 455 g/mol. The molecule has 3 aromatic rings. The third-order valence-electron chi connectivity index (χ3n) is 5.23. The Morgan fingerprint density at radius 1 is 1.32 bits per heavy atom. The average Bonchev–Trinajstić information content (AvgIpc) is 3.33. The number of hydrogen-bond donors (Lipinski definition) is 1. The number of anilines is 1. The first-order valence-electron chi connectivity index (χ1n) is 9.23. The van der Waals surface area contributed by atoms with Crippen LogP contribution in [0, 0.1) is 5.92 Å². The maximum atomic E-state index is 13.1. The molecule has 3 heterocycles. The number of amides is 1. The molecular formula is C19H19Cl2N3O2S2. The van der Waals surface area contributed by atoms with Gasteiger partial charge in [-0.3, -0.25) is 9.59 Å². The van der Waals surface area contributed by atoms with Crippen LogP contribution >= 0.6 is 45.9 Å². The first kappa shape index (κ1) is 19.9. The van der Waals surface area contributed by atoms with Crippen molar-refractivity contribution in [3.8, 4) is 0 Å². The lowest BCUT2D eigenvalue weighted by molar-refractivity contribution is -0.119. The summed E-state index contributed by atoms with van der Waals surface area (Å²) in [6, 6.07) is 1.13. The molecule has 0 spiro atoms. The van der Waals surface area contributed by atoms with E-state index in [4.69, 9.17) is 23.2 Å². The molecule has 1 atom stereocenters. The van der Waals surface area contributed by atoms with E-state index in [-0.39, 0.29) is 11.5 Å². The predicted molar refractivity (Wildman–Crippen MR) is 117 cm³/mol. The molecule has 148 valence electrons. The second-order valence-corrected chi connectivity index (χ2v) is 10.1. The van der Waals surface area contributed by atoms with Gasteiger partial charge in [-0.05, 0) is 23.8 Å². The van der Waals surface area contributed by atoms with Crippen LogP contribution < -0.4 is 10.9 Å². The van der Waals surface area contributed by atoms with Crippen LogP contribution in [0.5, 0.6) is 0 Å². The number of thiophene rings is 1. The van der Waals surface area contributed by atoms with E-state index < -0.39 is 6.04 Å². The Kier molecular flexibility index (Phi) is 6.06. The number of aromatic nitrogens is 2. The summed E-state index contributed by atoms with van der Waals surface area (Å²) in [5.74, 6) is 0.151. The SMILES string of the molecule is O=C(Nc1ncc(Cl)s1)C(CC1CCCCC1)n1cc(Cl)c2sccc2c1=O. The van der Waals surface area contributed by atoms with Crippen LogP contribution in [-0.4, -0.2) is 15.5 Å². The third kappa shape index (κ3) is 4.13. The molecule has 5 nitrogen and oxygen atoms in total. The molecule has 0 saturated heterocycles. The van der Waals surface area contributed by atoms with Crippen molar-refractivity contribution in [1.82, 2.24) is 9.55 Å². The van der Waals surface area contributed by atoms with Crippen molar-refractivity contribution in [2.75, 3.05) is 5.32 Å². The lowest BCUT2D eigenvalue weighted by Gasteiger charge is -2.27. The number of nitrogens with one attached hydrogen (secondary N) is 1. The number of fused-ring (bicyclic) bond motifs is 1. The summed E-state index contributed by atoms with van der Waals surface area (Å²) in [5.41, 5.74) is -0.186. The molecule has 1 aliphatic rings. The summed E-state index contributed by atoms with van der Waals surface area (Å²) >= 11 is 15.0. The van der Waals surface area contributed by atoms with Gasteiger partial charge < -0.3 is 9.88 Å². The van der Waals surface area contributed by atoms with E-state index in [0.717, 1.165) is 17.5 Å². The minimum Gasteiger partial charge on any atom is -0.301 e. The van der Waals surface area contributed by atoms with E-state index in [1.807, 2.05) is 5.38 Å². The van der Waals surface area contributed by atoms with Gasteiger partial charge >= 0.3 is 0 Å². The highest BCUT2D eigenvalue weighted by Gasteiger charge is 2.28. The third-order valence-corrected chi connectivity index (χ3v) is 7.60. The maximum Gasteiger partial charge on any atom is 0.260 e. The van der Waals surface area contributed by atoms with Crippen molar-refractivity contribution in [2.24, 2.45) is 5.92 Å². The lowest BCUT2D eigenvalue weighted by Crippen LogP contribution is -2.34. The molecule has 0 aliphatic heterocycles. The van der Waals surface area contributed by atoms with Gasteiger partial charge in [-0.15, -0.1) is 11.3 Å². The highest BCUT2D eigenvalue weighted by molar-refractivity contribution is 7.19. The molecule has 0 aromatic carbocycles. The molecule has 1 fully saturated rings. The van der Waals surface area contributed by atoms with Crippen molar-refractivity contribution in [3.05, 3.63) is 43.6 Å². The van der Waals surface area contributed by atoms with Crippen molar-refractivity contribution in [1.29, 1.82) is 0 Å². The molecule has 1 aliphatic carbocycles. The highest BCUT2D eigenvalue weighted by atomic mass is 35.5. The van der Waals surface area contributed by atoms with Gasteiger partial charge in [-0.1, -0.05) is 66.6 Å². The predicted octanol–water partition coefficient (Wildman–Crippen LogP) is 5.98. The van der Waals surface area contributed by atoms with Crippen molar-refractivity contribution in [3.63, 3.8) is 0 Å². The summed E-state index contributed by atoms with van der Waals surface area (Å²) < 4.78 is 2.75. The van der Waals surface area contributed by atoms with Gasteiger partial charge in [0.25, 0.3) is 5.56 Å². The minimum atomic E-state index is -0.639. The Balaban J connectivity index is 1.70. The quantitative estimate of drug-likeness (QED) is 0.514. The maximum absolute atomic E-state index is 13.1. The molecule has 9 heteroatoms. The zero-order valence-corrected chi connectivity index (χ0v) is 18.1. The fraction of sp³-hybridized carbons (Fsp3) is 0.421. The van der Waals surface area contributed by atoms with E-state index in [1.165, 1.54) is 52.7 Å². The van der Waals surface area contributed by atoms with Crippen LogP contribution in [0.25, 0.3) is 10.1 Å².